The largest absolute Gasteiger partial charge is 0.374 e. The smallest absolute Gasteiger partial charge is 0.117 e. The number of nitriles is 1. The van der Waals surface area contributed by atoms with Gasteiger partial charge in [0.1, 0.15) is 11.8 Å². The Kier molecular flexibility index (Phi) is 3.97. The molecule has 0 saturated carbocycles. The summed E-state index contributed by atoms with van der Waals surface area (Å²) in [4.78, 5) is 0. The van der Waals surface area contributed by atoms with Crippen molar-refractivity contribution in [3.8, 4) is 6.07 Å². The quantitative estimate of drug-likeness (QED) is 0.473. The van der Waals surface area contributed by atoms with Gasteiger partial charge in [-0.2, -0.15) is 5.26 Å². The minimum Gasteiger partial charge on any atom is -0.374 e. The van der Waals surface area contributed by atoms with Crippen LogP contribution in [0, 0.1) is 16.7 Å². The molecule has 0 aliphatic heterocycles. The van der Waals surface area contributed by atoms with Crippen LogP contribution in [0.3, 0.4) is 0 Å². The lowest BCUT2D eigenvalue weighted by Gasteiger charge is -2.06. The van der Waals surface area contributed by atoms with Gasteiger partial charge in [-0.1, -0.05) is 0 Å². The lowest BCUT2D eigenvalue weighted by molar-refractivity contribution is 0.684. The van der Waals surface area contributed by atoms with Gasteiger partial charge in [-0.25, -0.2) is 0 Å². The van der Waals surface area contributed by atoms with E-state index < -0.39 is 0 Å². The first-order chi connectivity index (χ1) is 5.06. The summed E-state index contributed by atoms with van der Waals surface area (Å²) in [5.41, 5.74) is 0.835. The molecular formula is C8H13N3. The fraction of sp³-hybridized carbons (Fsp3) is 0.500. The zero-order chi connectivity index (χ0) is 8.85. The second kappa shape index (κ2) is 4.51. The number of allylic oxidation sites excluding steroid dienone is 2. The Morgan fingerprint density at radius 3 is 2.45 bits per heavy atom. The first-order valence-electron chi connectivity index (χ1n) is 3.49. The summed E-state index contributed by atoms with van der Waals surface area (Å²) < 4.78 is 0. The maximum atomic E-state index is 8.55. The standard InChI is InChI=1S/C8H13N3/c1-6(2)11-8(5-9)4-7(3)10/h4,6,10-11H,1-3H3/b8-4-,10-7?. The molecule has 0 unspecified atom stereocenters. The maximum Gasteiger partial charge on any atom is 0.117 e. The molecule has 0 aromatic heterocycles. The first kappa shape index (κ1) is 9.70. The van der Waals surface area contributed by atoms with Gasteiger partial charge in [-0.15, -0.1) is 0 Å². The number of hydrogen-bond donors (Lipinski definition) is 2. The van der Waals surface area contributed by atoms with E-state index in [2.05, 4.69) is 5.32 Å². The third-order valence-electron chi connectivity index (χ3n) is 0.925. The van der Waals surface area contributed by atoms with Crippen LogP contribution >= 0.6 is 0 Å². The van der Waals surface area contributed by atoms with E-state index in [9.17, 15) is 0 Å². The van der Waals surface area contributed by atoms with Gasteiger partial charge < -0.3 is 10.7 Å². The third kappa shape index (κ3) is 5.16. The molecule has 60 valence electrons. The van der Waals surface area contributed by atoms with Gasteiger partial charge >= 0.3 is 0 Å². The van der Waals surface area contributed by atoms with Crippen molar-refractivity contribution in [2.45, 2.75) is 26.8 Å². The Morgan fingerprint density at radius 2 is 2.18 bits per heavy atom. The lowest BCUT2D eigenvalue weighted by Crippen LogP contribution is -2.21. The van der Waals surface area contributed by atoms with E-state index in [0.29, 0.717) is 11.4 Å². The fourth-order valence-electron chi connectivity index (χ4n) is 0.634. The van der Waals surface area contributed by atoms with Crippen LogP contribution in [0.25, 0.3) is 0 Å². The van der Waals surface area contributed by atoms with Crippen molar-refractivity contribution in [3.05, 3.63) is 11.8 Å². The van der Waals surface area contributed by atoms with Gasteiger partial charge in [0.25, 0.3) is 0 Å². The Bertz CT molecular complexity index is 208. The Balaban J connectivity index is 4.20. The van der Waals surface area contributed by atoms with Gasteiger partial charge in [0, 0.05) is 11.8 Å². The molecule has 0 fully saturated rings. The van der Waals surface area contributed by atoms with E-state index in [1.165, 1.54) is 6.08 Å². The molecule has 0 saturated heterocycles. The van der Waals surface area contributed by atoms with Crippen molar-refractivity contribution in [1.82, 2.24) is 5.32 Å². The highest BCUT2D eigenvalue weighted by Gasteiger charge is 1.96. The average molecular weight is 151 g/mol. The van der Waals surface area contributed by atoms with Crippen LogP contribution in [-0.4, -0.2) is 11.8 Å². The van der Waals surface area contributed by atoms with Crippen molar-refractivity contribution in [2.24, 2.45) is 0 Å². The minimum absolute atomic E-state index is 0.236. The molecule has 0 rings (SSSR count). The highest BCUT2D eigenvalue weighted by atomic mass is 14.9. The molecule has 2 N–H and O–H groups in total. The number of hydrogen-bond acceptors (Lipinski definition) is 3. The van der Waals surface area contributed by atoms with Crippen LogP contribution in [0.2, 0.25) is 0 Å². The highest BCUT2D eigenvalue weighted by molar-refractivity contribution is 5.91. The number of rotatable bonds is 3. The van der Waals surface area contributed by atoms with E-state index in [0.717, 1.165) is 0 Å². The average Bonchev–Trinajstić information content (AvgIpc) is 1.84. The van der Waals surface area contributed by atoms with Crippen LogP contribution < -0.4 is 5.32 Å². The molecule has 0 aromatic rings. The Labute approximate surface area is 67.2 Å². The van der Waals surface area contributed by atoms with Crippen molar-refractivity contribution >= 4 is 5.71 Å². The van der Waals surface area contributed by atoms with Gasteiger partial charge in [0.05, 0.1) is 0 Å². The summed E-state index contributed by atoms with van der Waals surface area (Å²) in [5, 5.41) is 18.6. The molecule has 0 atom stereocenters. The number of nitrogens with one attached hydrogen (secondary N) is 2. The van der Waals surface area contributed by atoms with Crippen molar-refractivity contribution < 1.29 is 0 Å². The molecule has 0 amide bonds. The van der Waals surface area contributed by atoms with E-state index >= 15 is 0 Å². The van der Waals surface area contributed by atoms with E-state index in [1.54, 1.807) is 6.92 Å². The molecule has 0 aromatic carbocycles. The molecule has 3 heteroatoms. The molecule has 0 bridgehead atoms. The van der Waals surface area contributed by atoms with Gasteiger partial charge in [-0.05, 0) is 26.8 Å². The monoisotopic (exact) mass is 151 g/mol. The summed E-state index contributed by atoms with van der Waals surface area (Å²) in [6.07, 6.45) is 1.51. The second-order valence-corrected chi connectivity index (χ2v) is 2.65. The minimum atomic E-state index is 0.236. The predicted octanol–water partition coefficient (Wildman–Crippen LogP) is 1.43. The first-order valence-corrected chi connectivity index (χ1v) is 3.49. The second-order valence-electron chi connectivity index (χ2n) is 2.65. The topological polar surface area (TPSA) is 59.7 Å². The summed E-state index contributed by atoms with van der Waals surface area (Å²) in [7, 11) is 0. The fourth-order valence-corrected chi connectivity index (χ4v) is 0.634. The van der Waals surface area contributed by atoms with Crippen LogP contribution in [-0.2, 0) is 0 Å². The molecule has 11 heavy (non-hydrogen) atoms. The third-order valence-corrected chi connectivity index (χ3v) is 0.925. The summed E-state index contributed by atoms with van der Waals surface area (Å²) in [6.45, 7) is 5.54. The molecule has 0 heterocycles. The molecule has 0 aliphatic carbocycles. The highest BCUT2D eigenvalue weighted by Crippen LogP contribution is 1.90. The van der Waals surface area contributed by atoms with E-state index in [-0.39, 0.29) is 6.04 Å². The molecular weight excluding hydrogens is 138 g/mol. The maximum absolute atomic E-state index is 8.55. The van der Waals surface area contributed by atoms with Crippen LogP contribution in [0.1, 0.15) is 20.8 Å². The van der Waals surface area contributed by atoms with E-state index in [4.69, 9.17) is 10.7 Å². The zero-order valence-electron chi connectivity index (χ0n) is 7.10. The van der Waals surface area contributed by atoms with Crippen LogP contribution in [0.15, 0.2) is 11.8 Å². The summed E-state index contributed by atoms with van der Waals surface area (Å²) in [5.74, 6) is 0. The van der Waals surface area contributed by atoms with Crippen LogP contribution in [0.5, 0.6) is 0 Å². The zero-order valence-corrected chi connectivity index (χ0v) is 7.10. The lowest BCUT2D eigenvalue weighted by atomic mass is 10.3. The molecule has 0 spiro atoms. The van der Waals surface area contributed by atoms with Crippen molar-refractivity contribution in [1.29, 1.82) is 10.7 Å². The Morgan fingerprint density at radius 1 is 1.64 bits per heavy atom. The predicted molar refractivity (Wildman–Crippen MR) is 45.4 cm³/mol. The Hall–Kier alpha value is -1.30. The molecule has 3 nitrogen and oxygen atoms in total. The van der Waals surface area contributed by atoms with Crippen molar-refractivity contribution in [3.63, 3.8) is 0 Å². The van der Waals surface area contributed by atoms with Crippen molar-refractivity contribution in [2.75, 3.05) is 0 Å². The summed E-state index contributed by atoms with van der Waals surface area (Å²) >= 11 is 0. The van der Waals surface area contributed by atoms with Gasteiger partial charge in [-0.3, -0.25) is 0 Å². The summed E-state index contributed by atoms with van der Waals surface area (Å²) in [6, 6.07) is 2.21. The van der Waals surface area contributed by atoms with Crippen LogP contribution in [0.4, 0.5) is 0 Å². The molecule has 0 aliphatic rings. The van der Waals surface area contributed by atoms with Gasteiger partial charge in [0.15, 0.2) is 0 Å². The SMILES string of the molecule is CC(=N)/C=C(/C#N)NC(C)C. The van der Waals surface area contributed by atoms with Gasteiger partial charge in [0.2, 0.25) is 0 Å². The normalized spacial score (nSPS) is 11.0. The molecule has 0 radical (unpaired) electrons. The number of nitrogens with zero attached hydrogens (tertiary/aromatic N) is 1. The van der Waals surface area contributed by atoms with E-state index in [1.807, 2.05) is 19.9 Å².